The van der Waals surface area contributed by atoms with E-state index in [9.17, 15) is 18.7 Å². The van der Waals surface area contributed by atoms with E-state index in [1.165, 1.54) is 0 Å². The van der Waals surface area contributed by atoms with Gasteiger partial charge in [0.15, 0.2) is 5.82 Å². The first-order chi connectivity index (χ1) is 14.9. The number of amides is 2. The molecule has 2 aromatic rings. The van der Waals surface area contributed by atoms with Gasteiger partial charge in [-0.15, -0.1) is 0 Å². The summed E-state index contributed by atoms with van der Waals surface area (Å²) in [6.07, 6.45) is 0.190. The molecule has 0 saturated carbocycles. The van der Waals surface area contributed by atoms with Gasteiger partial charge in [-0.1, -0.05) is 0 Å². The Morgan fingerprint density at radius 3 is 2.84 bits per heavy atom. The summed E-state index contributed by atoms with van der Waals surface area (Å²) in [6.45, 7) is 3.85. The molecule has 168 valence electrons. The Hall–Kier alpha value is -2.75. The maximum absolute atomic E-state index is 13.6. The standard InChI is InChI=1S/C21H28F2N6O2/c1-13-14(19(22)23)11-18-16(25-13)5-3-7-28(18)20-15-12-27(21(31)24-2)9-6-17(15)29(26-20)8-4-10-30/h11,19,30H,3-10,12H2,1-2H3,(H,24,31). The molecule has 0 fully saturated rings. The zero-order valence-electron chi connectivity index (χ0n) is 17.9. The number of aryl methyl sites for hydroxylation is 3. The van der Waals surface area contributed by atoms with E-state index in [2.05, 4.69) is 10.3 Å². The monoisotopic (exact) mass is 434 g/mol. The number of aliphatic hydroxyl groups is 1. The van der Waals surface area contributed by atoms with Gasteiger partial charge in [-0.3, -0.25) is 9.67 Å². The molecule has 0 aromatic carbocycles. The Morgan fingerprint density at radius 1 is 1.32 bits per heavy atom. The van der Waals surface area contributed by atoms with Gasteiger partial charge in [-0.2, -0.15) is 5.10 Å². The fourth-order valence-electron chi connectivity index (χ4n) is 4.47. The largest absolute Gasteiger partial charge is 0.396 e. The van der Waals surface area contributed by atoms with Gasteiger partial charge in [0.25, 0.3) is 6.43 Å². The van der Waals surface area contributed by atoms with Crippen molar-refractivity contribution in [1.29, 1.82) is 0 Å². The smallest absolute Gasteiger partial charge is 0.317 e. The fourth-order valence-corrected chi connectivity index (χ4v) is 4.47. The number of carbonyl (C=O) groups excluding carboxylic acids is 1. The zero-order chi connectivity index (χ0) is 22.1. The third-order valence-electron chi connectivity index (χ3n) is 6.03. The number of aromatic nitrogens is 3. The minimum atomic E-state index is -2.60. The lowest BCUT2D eigenvalue weighted by atomic mass is 10.0. The van der Waals surface area contributed by atoms with Crippen LogP contribution in [-0.2, 0) is 25.9 Å². The molecule has 0 atom stereocenters. The molecule has 8 nitrogen and oxygen atoms in total. The molecule has 31 heavy (non-hydrogen) atoms. The molecule has 2 amide bonds. The number of alkyl halides is 2. The van der Waals surface area contributed by atoms with Crippen molar-refractivity contribution in [1.82, 2.24) is 25.0 Å². The van der Waals surface area contributed by atoms with Crippen molar-refractivity contribution in [3.8, 4) is 0 Å². The number of pyridine rings is 1. The molecular formula is C21H28F2N6O2. The Balaban J connectivity index is 1.79. The number of hydrogen-bond acceptors (Lipinski definition) is 5. The van der Waals surface area contributed by atoms with Crippen molar-refractivity contribution < 1.29 is 18.7 Å². The van der Waals surface area contributed by atoms with Crippen LogP contribution < -0.4 is 10.2 Å². The number of aliphatic hydroxyl groups excluding tert-OH is 1. The second-order valence-corrected chi connectivity index (χ2v) is 7.96. The van der Waals surface area contributed by atoms with Crippen LogP contribution in [0.3, 0.4) is 0 Å². The van der Waals surface area contributed by atoms with Crippen molar-refractivity contribution in [3.05, 3.63) is 34.3 Å². The minimum absolute atomic E-state index is 0.0574. The van der Waals surface area contributed by atoms with Crippen LogP contribution in [0.25, 0.3) is 0 Å². The SMILES string of the molecule is CNC(=O)N1CCc2c(c(N3CCCc4nc(C)c(C(F)F)cc43)nn2CCCO)C1. The highest BCUT2D eigenvalue weighted by Gasteiger charge is 2.32. The maximum Gasteiger partial charge on any atom is 0.317 e. The minimum Gasteiger partial charge on any atom is -0.396 e. The Bertz CT molecular complexity index is 977. The van der Waals surface area contributed by atoms with E-state index < -0.39 is 6.43 Å². The number of fused-ring (bicyclic) bond motifs is 2. The van der Waals surface area contributed by atoms with Crippen LogP contribution in [0.2, 0.25) is 0 Å². The molecule has 2 aliphatic rings. The van der Waals surface area contributed by atoms with Gasteiger partial charge in [0.05, 0.1) is 17.9 Å². The van der Waals surface area contributed by atoms with Crippen LogP contribution in [0.5, 0.6) is 0 Å². The highest BCUT2D eigenvalue weighted by Crippen LogP contribution is 2.39. The quantitative estimate of drug-likeness (QED) is 0.756. The number of anilines is 2. The van der Waals surface area contributed by atoms with Crippen molar-refractivity contribution in [2.45, 2.75) is 52.1 Å². The molecule has 0 spiro atoms. The van der Waals surface area contributed by atoms with Crippen LogP contribution >= 0.6 is 0 Å². The summed E-state index contributed by atoms with van der Waals surface area (Å²) in [7, 11) is 1.60. The number of rotatable bonds is 5. The van der Waals surface area contributed by atoms with Crippen molar-refractivity contribution >= 4 is 17.5 Å². The number of halogens is 2. The van der Waals surface area contributed by atoms with Crippen LogP contribution in [0.1, 0.15) is 47.5 Å². The Morgan fingerprint density at radius 2 is 2.13 bits per heavy atom. The Labute approximate surface area is 179 Å². The molecule has 0 saturated heterocycles. The van der Waals surface area contributed by atoms with Crippen molar-refractivity contribution in [2.24, 2.45) is 0 Å². The molecule has 4 heterocycles. The predicted molar refractivity (Wildman–Crippen MR) is 112 cm³/mol. The molecule has 2 N–H and O–H groups in total. The van der Waals surface area contributed by atoms with Gasteiger partial charge in [0, 0.05) is 62.2 Å². The van der Waals surface area contributed by atoms with Gasteiger partial charge in [-0.05, 0) is 32.3 Å². The molecular weight excluding hydrogens is 406 g/mol. The third kappa shape index (κ3) is 3.96. The lowest BCUT2D eigenvalue weighted by Gasteiger charge is -2.32. The molecule has 0 aliphatic carbocycles. The molecule has 2 aromatic heterocycles. The average Bonchev–Trinajstić information content (AvgIpc) is 3.13. The summed E-state index contributed by atoms with van der Waals surface area (Å²) in [4.78, 5) is 20.4. The first-order valence-corrected chi connectivity index (χ1v) is 10.7. The maximum atomic E-state index is 13.6. The van der Waals surface area contributed by atoms with E-state index in [1.54, 1.807) is 24.9 Å². The van der Waals surface area contributed by atoms with Crippen molar-refractivity contribution in [2.75, 3.05) is 31.6 Å². The van der Waals surface area contributed by atoms with E-state index in [-0.39, 0.29) is 18.2 Å². The first kappa shape index (κ1) is 21.5. The summed E-state index contributed by atoms with van der Waals surface area (Å²) < 4.78 is 29.0. The predicted octanol–water partition coefficient (Wildman–Crippen LogP) is 2.69. The van der Waals surface area contributed by atoms with Gasteiger partial charge in [0.1, 0.15) is 0 Å². The fraction of sp³-hybridized carbons (Fsp3) is 0.571. The van der Waals surface area contributed by atoms with Crippen LogP contribution in [0.15, 0.2) is 6.07 Å². The second-order valence-electron chi connectivity index (χ2n) is 7.96. The summed E-state index contributed by atoms with van der Waals surface area (Å²) in [6, 6.07) is 1.39. The van der Waals surface area contributed by atoms with Crippen LogP contribution in [-0.4, -0.2) is 57.5 Å². The number of nitrogens with zero attached hydrogens (tertiary/aromatic N) is 5. The van der Waals surface area contributed by atoms with Gasteiger partial charge < -0.3 is 20.2 Å². The van der Waals surface area contributed by atoms with E-state index in [0.717, 1.165) is 29.8 Å². The van der Waals surface area contributed by atoms with E-state index >= 15 is 0 Å². The number of carbonyl (C=O) groups is 1. The second kappa shape index (κ2) is 8.78. The normalized spacial score (nSPS) is 15.8. The molecule has 0 unspecified atom stereocenters. The molecule has 10 heteroatoms. The summed E-state index contributed by atoms with van der Waals surface area (Å²) >= 11 is 0. The van der Waals surface area contributed by atoms with E-state index in [0.29, 0.717) is 56.2 Å². The van der Waals surface area contributed by atoms with E-state index in [1.807, 2.05) is 9.58 Å². The van der Waals surface area contributed by atoms with E-state index in [4.69, 9.17) is 5.10 Å². The van der Waals surface area contributed by atoms with Gasteiger partial charge >= 0.3 is 6.03 Å². The van der Waals surface area contributed by atoms with Crippen LogP contribution in [0.4, 0.5) is 25.1 Å². The third-order valence-corrected chi connectivity index (χ3v) is 6.03. The highest BCUT2D eigenvalue weighted by molar-refractivity contribution is 5.75. The first-order valence-electron chi connectivity index (χ1n) is 10.7. The molecule has 0 radical (unpaired) electrons. The molecule has 2 aliphatic heterocycles. The lowest BCUT2D eigenvalue weighted by Crippen LogP contribution is -2.41. The number of nitrogens with one attached hydrogen (secondary N) is 1. The lowest BCUT2D eigenvalue weighted by molar-refractivity contribution is 0.150. The van der Waals surface area contributed by atoms with Gasteiger partial charge in [0.2, 0.25) is 0 Å². The molecule has 0 bridgehead atoms. The molecule has 4 rings (SSSR count). The topological polar surface area (TPSA) is 86.5 Å². The summed E-state index contributed by atoms with van der Waals surface area (Å²) in [5.74, 6) is 0.688. The summed E-state index contributed by atoms with van der Waals surface area (Å²) in [5.41, 5.74) is 3.72. The van der Waals surface area contributed by atoms with Gasteiger partial charge in [-0.25, -0.2) is 13.6 Å². The highest BCUT2D eigenvalue weighted by atomic mass is 19.3. The number of urea groups is 1. The van der Waals surface area contributed by atoms with Crippen molar-refractivity contribution in [3.63, 3.8) is 0 Å². The average molecular weight is 434 g/mol. The Kier molecular flexibility index (Phi) is 6.08. The summed E-state index contributed by atoms with van der Waals surface area (Å²) in [5, 5.41) is 16.8. The van der Waals surface area contributed by atoms with Crippen LogP contribution in [0, 0.1) is 6.92 Å². The zero-order valence-corrected chi connectivity index (χ0v) is 17.9. The number of hydrogen-bond donors (Lipinski definition) is 2.